The minimum absolute atomic E-state index is 0. The Morgan fingerprint density at radius 3 is 2.62 bits per heavy atom. The molecule has 3 rings (SSSR count). The highest BCUT2D eigenvalue weighted by molar-refractivity contribution is 6.31. The number of rotatable bonds is 3. The van der Waals surface area contributed by atoms with Crippen molar-refractivity contribution in [3.8, 4) is 0 Å². The highest BCUT2D eigenvalue weighted by atomic mass is 35.5. The first-order chi connectivity index (χ1) is 11.1. The number of hydrogen-bond donors (Lipinski definition) is 1. The third-order valence-electron chi connectivity index (χ3n) is 4.01. The van der Waals surface area contributed by atoms with Gasteiger partial charge in [0.2, 0.25) is 5.91 Å². The van der Waals surface area contributed by atoms with Crippen LogP contribution in [-0.2, 0) is 16.0 Å². The largest absolute Gasteiger partial charge is 0.399 e. The predicted molar refractivity (Wildman–Crippen MR) is 98.5 cm³/mol. The van der Waals surface area contributed by atoms with Gasteiger partial charge in [-0.05, 0) is 23.8 Å². The van der Waals surface area contributed by atoms with Gasteiger partial charge in [0.1, 0.15) is 6.10 Å². The lowest BCUT2D eigenvalue weighted by Crippen LogP contribution is -2.43. The van der Waals surface area contributed by atoms with E-state index >= 15 is 0 Å². The summed E-state index contributed by atoms with van der Waals surface area (Å²) in [6, 6.07) is 15.0. The van der Waals surface area contributed by atoms with Gasteiger partial charge in [0, 0.05) is 22.8 Å². The van der Waals surface area contributed by atoms with Crippen molar-refractivity contribution < 1.29 is 9.53 Å². The number of ether oxygens (including phenoxy) is 1. The van der Waals surface area contributed by atoms with Gasteiger partial charge in [0.25, 0.3) is 0 Å². The summed E-state index contributed by atoms with van der Waals surface area (Å²) in [6.45, 7) is 1.65. The molecule has 1 heterocycles. The Morgan fingerprint density at radius 1 is 1.21 bits per heavy atom. The zero-order valence-corrected chi connectivity index (χ0v) is 14.7. The Morgan fingerprint density at radius 2 is 1.92 bits per heavy atom. The van der Waals surface area contributed by atoms with E-state index in [1.54, 1.807) is 0 Å². The van der Waals surface area contributed by atoms with Gasteiger partial charge < -0.3 is 15.4 Å². The Labute approximate surface area is 153 Å². The van der Waals surface area contributed by atoms with E-state index in [9.17, 15) is 4.79 Å². The third kappa shape index (κ3) is 4.41. The number of carbonyl (C=O) groups excluding carboxylic acids is 1. The standard InChI is InChI=1S/C18H19ClN2O2.ClH/c19-16-4-2-1-3-15(16)17-12-21(9-10-23-17)18(22)11-13-5-7-14(20)8-6-13;/h1-8,17H,9-12,20H2;1H. The first-order valence-corrected chi connectivity index (χ1v) is 7.99. The molecule has 0 aromatic heterocycles. The molecule has 1 fully saturated rings. The molecular formula is C18H20Cl2N2O2. The van der Waals surface area contributed by atoms with Crippen molar-refractivity contribution in [3.63, 3.8) is 0 Å². The Balaban J connectivity index is 0.00000208. The molecule has 0 bridgehead atoms. The van der Waals surface area contributed by atoms with E-state index in [-0.39, 0.29) is 24.4 Å². The summed E-state index contributed by atoms with van der Waals surface area (Å²) >= 11 is 6.23. The number of anilines is 1. The molecule has 0 saturated carbocycles. The Bertz CT molecular complexity index is 692. The zero-order chi connectivity index (χ0) is 16.2. The first kappa shape index (κ1) is 18.6. The van der Waals surface area contributed by atoms with Crippen LogP contribution in [0.5, 0.6) is 0 Å². The summed E-state index contributed by atoms with van der Waals surface area (Å²) in [4.78, 5) is 14.4. The van der Waals surface area contributed by atoms with Gasteiger partial charge in [0.15, 0.2) is 0 Å². The maximum atomic E-state index is 12.5. The summed E-state index contributed by atoms with van der Waals surface area (Å²) in [5, 5.41) is 0.672. The lowest BCUT2D eigenvalue weighted by Gasteiger charge is -2.33. The summed E-state index contributed by atoms with van der Waals surface area (Å²) in [7, 11) is 0. The molecule has 1 aliphatic rings. The van der Waals surface area contributed by atoms with Gasteiger partial charge in [-0.1, -0.05) is 41.9 Å². The van der Waals surface area contributed by atoms with Crippen molar-refractivity contribution in [2.45, 2.75) is 12.5 Å². The van der Waals surface area contributed by atoms with Crippen molar-refractivity contribution in [1.82, 2.24) is 4.90 Å². The van der Waals surface area contributed by atoms with E-state index in [0.29, 0.717) is 36.8 Å². The van der Waals surface area contributed by atoms with Crippen LogP contribution >= 0.6 is 24.0 Å². The summed E-state index contributed by atoms with van der Waals surface area (Å²) in [6.07, 6.45) is 0.197. The number of nitrogen functional groups attached to an aromatic ring is 1. The van der Waals surface area contributed by atoms with E-state index < -0.39 is 0 Å². The van der Waals surface area contributed by atoms with E-state index in [2.05, 4.69) is 0 Å². The molecule has 24 heavy (non-hydrogen) atoms. The molecule has 2 aromatic rings. The normalized spacial score (nSPS) is 17.2. The van der Waals surface area contributed by atoms with Crippen LogP contribution < -0.4 is 5.73 Å². The van der Waals surface area contributed by atoms with Gasteiger partial charge >= 0.3 is 0 Å². The molecule has 1 amide bonds. The fraction of sp³-hybridized carbons (Fsp3) is 0.278. The molecule has 128 valence electrons. The predicted octanol–water partition coefficient (Wildman–Crippen LogP) is 3.49. The van der Waals surface area contributed by atoms with Gasteiger partial charge in [-0.2, -0.15) is 0 Å². The summed E-state index contributed by atoms with van der Waals surface area (Å²) in [5.74, 6) is 0.0927. The van der Waals surface area contributed by atoms with Crippen molar-refractivity contribution in [1.29, 1.82) is 0 Å². The quantitative estimate of drug-likeness (QED) is 0.845. The number of carbonyl (C=O) groups is 1. The second kappa shape index (κ2) is 8.38. The molecule has 6 heteroatoms. The number of morpholine rings is 1. The number of amides is 1. The fourth-order valence-corrected chi connectivity index (χ4v) is 2.98. The molecule has 0 aliphatic carbocycles. The average molecular weight is 367 g/mol. The highest BCUT2D eigenvalue weighted by Crippen LogP contribution is 2.28. The van der Waals surface area contributed by atoms with Crippen molar-refractivity contribution in [3.05, 3.63) is 64.7 Å². The topological polar surface area (TPSA) is 55.6 Å². The molecule has 4 nitrogen and oxygen atoms in total. The van der Waals surface area contributed by atoms with Crippen LogP contribution in [0.3, 0.4) is 0 Å². The molecule has 0 radical (unpaired) electrons. The number of halogens is 2. The number of hydrogen-bond acceptors (Lipinski definition) is 3. The Kier molecular flexibility index (Phi) is 6.49. The molecule has 0 spiro atoms. The molecule has 2 N–H and O–H groups in total. The molecule has 1 saturated heterocycles. The maximum Gasteiger partial charge on any atom is 0.227 e. The van der Waals surface area contributed by atoms with Crippen LogP contribution in [0.4, 0.5) is 5.69 Å². The lowest BCUT2D eigenvalue weighted by molar-refractivity contribution is -0.138. The minimum Gasteiger partial charge on any atom is -0.399 e. The molecule has 1 unspecified atom stereocenters. The highest BCUT2D eigenvalue weighted by Gasteiger charge is 2.26. The van der Waals surface area contributed by atoms with Gasteiger partial charge in [0.05, 0.1) is 19.6 Å². The molecule has 1 aliphatic heterocycles. The maximum absolute atomic E-state index is 12.5. The zero-order valence-electron chi connectivity index (χ0n) is 13.2. The SMILES string of the molecule is Cl.Nc1ccc(CC(=O)N2CCOC(c3ccccc3Cl)C2)cc1. The lowest BCUT2D eigenvalue weighted by atomic mass is 10.1. The summed E-state index contributed by atoms with van der Waals surface area (Å²) < 4.78 is 5.80. The van der Waals surface area contributed by atoms with Crippen LogP contribution in [0.1, 0.15) is 17.2 Å². The van der Waals surface area contributed by atoms with Gasteiger partial charge in [-0.25, -0.2) is 0 Å². The van der Waals surface area contributed by atoms with Crippen molar-refractivity contribution >= 4 is 35.6 Å². The van der Waals surface area contributed by atoms with Crippen molar-refractivity contribution in [2.75, 3.05) is 25.4 Å². The van der Waals surface area contributed by atoms with Crippen LogP contribution in [0, 0.1) is 0 Å². The number of benzene rings is 2. The van der Waals surface area contributed by atoms with E-state index in [4.69, 9.17) is 22.1 Å². The van der Waals surface area contributed by atoms with E-state index in [1.165, 1.54) is 0 Å². The second-order valence-electron chi connectivity index (χ2n) is 5.64. The fourth-order valence-electron chi connectivity index (χ4n) is 2.72. The second-order valence-corrected chi connectivity index (χ2v) is 6.05. The molecule has 2 aromatic carbocycles. The molecular weight excluding hydrogens is 347 g/mol. The number of nitrogens with two attached hydrogens (primary N) is 1. The van der Waals surface area contributed by atoms with E-state index in [0.717, 1.165) is 11.1 Å². The Hall–Kier alpha value is -1.75. The smallest absolute Gasteiger partial charge is 0.227 e. The monoisotopic (exact) mass is 366 g/mol. The molecule has 1 atom stereocenters. The summed E-state index contributed by atoms with van der Waals surface area (Å²) in [5.41, 5.74) is 8.27. The van der Waals surface area contributed by atoms with E-state index in [1.807, 2.05) is 53.4 Å². The van der Waals surface area contributed by atoms with Gasteiger partial charge in [-0.15, -0.1) is 12.4 Å². The van der Waals surface area contributed by atoms with Crippen LogP contribution in [0.25, 0.3) is 0 Å². The van der Waals surface area contributed by atoms with Crippen molar-refractivity contribution in [2.24, 2.45) is 0 Å². The van der Waals surface area contributed by atoms with Crippen LogP contribution in [0.2, 0.25) is 5.02 Å². The van der Waals surface area contributed by atoms with Crippen LogP contribution in [-0.4, -0.2) is 30.5 Å². The first-order valence-electron chi connectivity index (χ1n) is 7.61. The average Bonchev–Trinajstić information content (AvgIpc) is 2.57. The number of nitrogens with zero attached hydrogens (tertiary/aromatic N) is 1. The van der Waals surface area contributed by atoms with Gasteiger partial charge in [-0.3, -0.25) is 4.79 Å². The third-order valence-corrected chi connectivity index (χ3v) is 4.35. The minimum atomic E-state index is -0.173. The van der Waals surface area contributed by atoms with Crippen LogP contribution in [0.15, 0.2) is 48.5 Å².